The van der Waals surface area contributed by atoms with E-state index in [1.54, 1.807) is 12.4 Å². The number of rotatable bonds is 4. The molecule has 2 aliphatic heterocycles. The molecule has 0 spiro atoms. The minimum absolute atomic E-state index is 0.227. The van der Waals surface area contributed by atoms with E-state index in [1.165, 1.54) is 31.4 Å². The molecule has 4 rings (SSSR count). The van der Waals surface area contributed by atoms with E-state index in [1.807, 2.05) is 12.1 Å². The number of aromatic nitrogens is 2. The number of anilines is 3. The summed E-state index contributed by atoms with van der Waals surface area (Å²) in [5, 5.41) is 2.91. The molecule has 2 aliphatic rings. The lowest BCUT2D eigenvalue weighted by Gasteiger charge is -2.31. The fourth-order valence-electron chi connectivity index (χ4n) is 3.93. The third-order valence-electron chi connectivity index (χ3n) is 5.45. The Balaban J connectivity index is 1.37. The molecule has 6 heteroatoms. The molecule has 142 valence electrons. The Labute approximate surface area is 160 Å². The van der Waals surface area contributed by atoms with Crippen LogP contribution in [0.2, 0.25) is 0 Å². The number of hydrogen-bond donors (Lipinski definition) is 1. The second kappa shape index (κ2) is 7.94. The maximum absolute atomic E-state index is 12.5. The monoisotopic (exact) mass is 365 g/mol. The molecule has 1 amide bonds. The molecule has 0 bridgehead atoms. The van der Waals surface area contributed by atoms with E-state index in [2.05, 4.69) is 44.1 Å². The molecule has 0 radical (unpaired) electrons. The van der Waals surface area contributed by atoms with Crippen molar-refractivity contribution in [3.8, 4) is 0 Å². The van der Waals surface area contributed by atoms with Crippen LogP contribution in [0.5, 0.6) is 0 Å². The summed E-state index contributed by atoms with van der Waals surface area (Å²) in [6.07, 6.45) is 8.23. The van der Waals surface area contributed by atoms with Crippen LogP contribution in [0.25, 0.3) is 0 Å². The highest BCUT2D eigenvalue weighted by molar-refractivity contribution is 6.02. The Bertz CT molecular complexity index is 768. The number of nitrogens with one attached hydrogen (secondary N) is 1. The number of piperidine rings is 1. The van der Waals surface area contributed by atoms with Crippen LogP contribution in [-0.4, -0.2) is 42.1 Å². The van der Waals surface area contributed by atoms with Crippen molar-refractivity contribution in [3.05, 3.63) is 42.4 Å². The summed E-state index contributed by atoms with van der Waals surface area (Å²) in [7, 11) is 0. The van der Waals surface area contributed by atoms with Crippen LogP contribution in [0.3, 0.4) is 0 Å². The number of amides is 1. The predicted molar refractivity (Wildman–Crippen MR) is 108 cm³/mol. The molecule has 1 N–H and O–H groups in total. The molecule has 3 heterocycles. The summed E-state index contributed by atoms with van der Waals surface area (Å²) in [5.41, 5.74) is 2.33. The smallest absolute Gasteiger partial charge is 0.275 e. The number of benzene rings is 1. The lowest BCUT2D eigenvalue weighted by atomic mass is 10.0. The molecule has 2 fully saturated rings. The first kappa shape index (κ1) is 17.8. The second-order valence-electron chi connectivity index (χ2n) is 7.65. The van der Waals surface area contributed by atoms with E-state index in [0.29, 0.717) is 11.6 Å². The van der Waals surface area contributed by atoms with Crippen LogP contribution in [0.1, 0.15) is 43.1 Å². The molecule has 1 aromatic carbocycles. The second-order valence-corrected chi connectivity index (χ2v) is 7.65. The lowest BCUT2D eigenvalue weighted by molar-refractivity contribution is 0.102. The third-order valence-corrected chi connectivity index (χ3v) is 5.45. The van der Waals surface area contributed by atoms with Crippen molar-refractivity contribution in [2.45, 2.75) is 32.6 Å². The average molecular weight is 365 g/mol. The Morgan fingerprint density at radius 2 is 1.74 bits per heavy atom. The van der Waals surface area contributed by atoms with Gasteiger partial charge in [0.1, 0.15) is 11.5 Å². The summed E-state index contributed by atoms with van der Waals surface area (Å²) in [6.45, 7) is 6.50. The molecular weight excluding hydrogens is 338 g/mol. The lowest BCUT2D eigenvalue weighted by Crippen LogP contribution is -2.35. The van der Waals surface area contributed by atoms with Crippen LogP contribution in [0.4, 0.5) is 17.2 Å². The van der Waals surface area contributed by atoms with Crippen molar-refractivity contribution >= 4 is 23.1 Å². The van der Waals surface area contributed by atoms with Crippen LogP contribution >= 0.6 is 0 Å². The van der Waals surface area contributed by atoms with Gasteiger partial charge in [-0.3, -0.25) is 4.79 Å². The van der Waals surface area contributed by atoms with E-state index < -0.39 is 0 Å². The molecule has 2 aromatic rings. The topological polar surface area (TPSA) is 61.4 Å². The normalized spacial score (nSPS) is 20.0. The minimum atomic E-state index is -0.227. The highest BCUT2D eigenvalue weighted by atomic mass is 16.1. The van der Waals surface area contributed by atoms with Gasteiger partial charge in [0.2, 0.25) is 0 Å². The Morgan fingerprint density at radius 3 is 2.41 bits per heavy atom. The SMILES string of the molecule is CC1CCCN(c2cnc(C(=O)Nc3ccc(N4CCCC4)cc3)cn2)C1. The molecule has 1 unspecified atom stereocenters. The summed E-state index contributed by atoms with van der Waals surface area (Å²) < 4.78 is 0. The first-order valence-electron chi connectivity index (χ1n) is 9.92. The van der Waals surface area contributed by atoms with Gasteiger partial charge in [0.05, 0.1) is 12.4 Å². The van der Waals surface area contributed by atoms with Crippen molar-refractivity contribution in [1.29, 1.82) is 0 Å². The van der Waals surface area contributed by atoms with Crippen molar-refractivity contribution < 1.29 is 4.79 Å². The van der Waals surface area contributed by atoms with E-state index >= 15 is 0 Å². The molecular formula is C21H27N5O. The number of nitrogens with zero attached hydrogens (tertiary/aromatic N) is 4. The summed E-state index contributed by atoms with van der Waals surface area (Å²) in [4.78, 5) is 25.9. The number of hydrogen-bond acceptors (Lipinski definition) is 5. The molecule has 27 heavy (non-hydrogen) atoms. The Hall–Kier alpha value is -2.63. The van der Waals surface area contributed by atoms with Crippen molar-refractivity contribution in [2.24, 2.45) is 5.92 Å². The fourth-order valence-corrected chi connectivity index (χ4v) is 3.93. The fraction of sp³-hybridized carbons (Fsp3) is 0.476. The molecule has 0 saturated carbocycles. The quantitative estimate of drug-likeness (QED) is 0.898. The summed E-state index contributed by atoms with van der Waals surface area (Å²) in [5.74, 6) is 1.30. The van der Waals surface area contributed by atoms with Crippen LogP contribution in [0, 0.1) is 5.92 Å². The standard InChI is InChI=1S/C21H27N5O/c1-16-5-4-12-26(15-16)20-14-22-19(13-23-20)21(27)24-17-6-8-18(9-7-17)25-10-2-3-11-25/h6-9,13-14,16H,2-5,10-12,15H2,1H3,(H,24,27). The van der Waals surface area contributed by atoms with Gasteiger partial charge in [0, 0.05) is 37.6 Å². The Morgan fingerprint density at radius 1 is 1.00 bits per heavy atom. The molecule has 1 aromatic heterocycles. The van der Waals surface area contributed by atoms with E-state index in [-0.39, 0.29) is 5.91 Å². The third kappa shape index (κ3) is 4.21. The largest absolute Gasteiger partial charge is 0.372 e. The molecule has 1 atom stereocenters. The van der Waals surface area contributed by atoms with Crippen molar-refractivity contribution in [3.63, 3.8) is 0 Å². The molecule has 2 saturated heterocycles. The summed E-state index contributed by atoms with van der Waals surface area (Å²) >= 11 is 0. The van der Waals surface area contributed by atoms with Gasteiger partial charge in [-0.05, 0) is 55.9 Å². The van der Waals surface area contributed by atoms with Gasteiger partial charge in [-0.2, -0.15) is 0 Å². The van der Waals surface area contributed by atoms with Crippen LogP contribution in [0.15, 0.2) is 36.7 Å². The van der Waals surface area contributed by atoms with E-state index in [0.717, 1.165) is 37.7 Å². The Kier molecular flexibility index (Phi) is 5.23. The van der Waals surface area contributed by atoms with Gasteiger partial charge in [-0.25, -0.2) is 9.97 Å². The number of carbonyl (C=O) groups excluding carboxylic acids is 1. The summed E-state index contributed by atoms with van der Waals surface area (Å²) in [6, 6.07) is 8.02. The van der Waals surface area contributed by atoms with Gasteiger partial charge in [0.25, 0.3) is 5.91 Å². The van der Waals surface area contributed by atoms with Crippen molar-refractivity contribution in [2.75, 3.05) is 41.3 Å². The van der Waals surface area contributed by atoms with Crippen molar-refractivity contribution in [1.82, 2.24) is 9.97 Å². The highest BCUT2D eigenvalue weighted by Crippen LogP contribution is 2.23. The van der Waals surface area contributed by atoms with Gasteiger partial charge >= 0.3 is 0 Å². The number of carbonyl (C=O) groups is 1. The van der Waals surface area contributed by atoms with E-state index in [9.17, 15) is 4.79 Å². The van der Waals surface area contributed by atoms with Gasteiger partial charge in [-0.1, -0.05) is 6.92 Å². The van der Waals surface area contributed by atoms with E-state index in [4.69, 9.17) is 0 Å². The first-order chi connectivity index (χ1) is 13.2. The molecule has 0 aliphatic carbocycles. The zero-order valence-corrected chi connectivity index (χ0v) is 15.9. The average Bonchev–Trinajstić information content (AvgIpc) is 3.23. The van der Waals surface area contributed by atoms with Crippen LogP contribution < -0.4 is 15.1 Å². The molecule has 6 nitrogen and oxygen atoms in total. The van der Waals surface area contributed by atoms with Gasteiger partial charge in [-0.15, -0.1) is 0 Å². The maximum atomic E-state index is 12.5. The van der Waals surface area contributed by atoms with Gasteiger partial charge < -0.3 is 15.1 Å². The zero-order valence-electron chi connectivity index (χ0n) is 15.9. The predicted octanol–water partition coefficient (Wildman–Crippen LogP) is 3.57. The first-order valence-corrected chi connectivity index (χ1v) is 9.92. The van der Waals surface area contributed by atoms with Gasteiger partial charge in [0.15, 0.2) is 0 Å². The maximum Gasteiger partial charge on any atom is 0.275 e. The van der Waals surface area contributed by atoms with Crippen LogP contribution in [-0.2, 0) is 0 Å². The zero-order chi connectivity index (χ0) is 18.6. The minimum Gasteiger partial charge on any atom is -0.372 e. The highest BCUT2D eigenvalue weighted by Gasteiger charge is 2.18.